The van der Waals surface area contributed by atoms with E-state index in [-0.39, 0.29) is 10.8 Å². The first-order valence-electron chi connectivity index (χ1n) is 18.6. The largest absolute Gasteiger partial charge is 0.310 e. The fourth-order valence-electron chi connectivity index (χ4n) is 12.6. The highest BCUT2D eigenvalue weighted by Gasteiger charge is 2.61. The second kappa shape index (κ2) is 9.72. The Morgan fingerprint density at radius 3 is 1.74 bits per heavy atom. The summed E-state index contributed by atoms with van der Waals surface area (Å²) in [6.07, 6.45) is 13.7. The van der Waals surface area contributed by atoms with Crippen LogP contribution < -0.4 is 4.90 Å². The van der Waals surface area contributed by atoms with E-state index in [0.717, 1.165) is 23.7 Å². The van der Waals surface area contributed by atoms with Crippen molar-refractivity contribution in [3.8, 4) is 22.3 Å². The normalized spacial score (nSPS) is 28.3. The van der Waals surface area contributed by atoms with Crippen LogP contribution in [0, 0.1) is 23.7 Å². The van der Waals surface area contributed by atoms with E-state index in [0.29, 0.717) is 0 Å². The highest BCUT2D eigenvalue weighted by molar-refractivity contribution is 5.89. The molecule has 1 nitrogen and oxygen atoms in total. The van der Waals surface area contributed by atoms with E-state index < -0.39 is 0 Å². The van der Waals surface area contributed by atoms with Crippen LogP contribution in [0.25, 0.3) is 22.3 Å². The Kier molecular flexibility index (Phi) is 5.57. The lowest BCUT2D eigenvalue weighted by Crippen LogP contribution is -2.55. The lowest BCUT2D eigenvalue weighted by molar-refractivity contribution is -0.0399. The number of nitrogens with zero attached hydrogens (tertiary/aromatic N) is 1. The molecule has 232 valence electrons. The van der Waals surface area contributed by atoms with Gasteiger partial charge in [-0.1, -0.05) is 98.1 Å². The average Bonchev–Trinajstić information content (AvgIpc) is 3.55. The molecule has 12 rings (SSSR count). The minimum absolute atomic E-state index is 0.169. The van der Waals surface area contributed by atoms with Crippen LogP contribution in [0.4, 0.5) is 17.1 Å². The van der Waals surface area contributed by atoms with Crippen molar-refractivity contribution in [1.29, 1.82) is 0 Å². The van der Waals surface area contributed by atoms with Crippen molar-refractivity contribution in [3.63, 3.8) is 0 Å². The van der Waals surface area contributed by atoms with Crippen molar-refractivity contribution in [2.45, 2.75) is 75.0 Å². The van der Waals surface area contributed by atoms with Crippen molar-refractivity contribution in [2.24, 2.45) is 23.7 Å². The zero-order chi connectivity index (χ0) is 30.7. The second-order valence-corrected chi connectivity index (χ2v) is 16.0. The Bertz CT molecular complexity index is 2020. The van der Waals surface area contributed by atoms with Crippen molar-refractivity contribution < 1.29 is 0 Å². The van der Waals surface area contributed by atoms with Gasteiger partial charge in [-0.15, -0.1) is 0 Å². The lowest BCUT2D eigenvalue weighted by atomic mass is 9.43. The Balaban J connectivity index is 1.11. The summed E-state index contributed by atoms with van der Waals surface area (Å²) in [5, 5.41) is 0. The SMILES string of the molecule is c1ccc(N(c2ccc3c(c2)-c2ccccc2C32CCCCC2)c2ccc3c(c2)C2(c4ccccc4-3)C3CC4CC(C3)CC2C4)cc1. The molecule has 0 radical (unpaired) electrons. The molecular weight excluding hydrogens is 567 g/mol. The van der Waals surface area contributed by atoms with Crippen LogP contribution >= 0.6 is 0 Å². The summed E-state index contributed by atoms with van der Waals surface area (Å²) in [5.74, 6) is 3.43. The molecule has 1 heteroatoms. The molecule has 5 saturated carbocycles. The molecule has 5 fully saturated rings. The first kappa shape index (κ1) is 26.9. The highest BCUT2D eigenvalue weighted by atomic mass is 15.1. The predicted octanol–water partition coefficient (Wildman–Crippen LogP) is 12.1. The number of para-hydroxylation sites is 1. The molecule has 0 saturated heterocycles. The molecule has 47 heavy (non-hydrogen) atoms. The summed E-state index contributed by atoms with van der Waals surface area (Å²) in [4.78, 5) is 2.56. The number of fused-ring (bicyclic) bond motifs is 8. The smallest absolute Gasteiger partial charge is 0.0468 e. The number of hydrogen-bond acceptors (Lipinski definition) is 1. The molecule has 7 aliphatic carbocycles. The van der Waals surface area contributed by atoms with Gasteiger partial charge in [0.15, 0.2) is 0 Å². The van der Waals surface area contributed by atoms with E-state index in [1.807, 2.05) is 0 Å². The summed E-state index contributed by atoms with van der Waals surface area (Å²) in [6, 6.07) is 45.0. The molecule has 0 aromatic heterocycles. The topological polar surface area (TPSA) is 3.24 Å². The molecule has 0 atom stereocenters. The van der Waals surface area contributed by atoms with Crippen molar-refractivity contribution in [2.75, 3.05) is 4.90 Å². The second-order valence-electron chi connectivity index (χ2n) is 16.0. The predicted molar refractivity (Wildman–Crippen MR) is 194 cm³/mol. The quantitative estimate of drug-likeness (QED) is 0.197. The maximum atomic E-state index is 2.65. The van der Waals surface area contributed by atoms with Crippen LogP contribution in [-0.2, 0) is 10.8 Å². The number of anilines is 3. The summed E-state index contributed by atoms with van der Waals surface area (Å²) in [7, 11) is 0. The molecule has 0 unspecified atom stereocenters. The van der Waals surface area contributed by atoms with Crippen LogP contribution in [0.3, 0.4) is 0 Å². The summed E-state index contributed by atoms with van der Waals surface area (Å²) in [6.45, 7) is 0. The van der Waals surface area contributed by atoms with Crippen LogP contribution in [0.2, 0.25) is 0 Å². The Labute approximate surface area is 279 Å². The zero-order valence-corrected chi connectivity index (χ0v) is 27.3. The van der Waals surface area contributed by atoms with E-state index in [2.05, 4.69) is 120 Å². The zero-order valence-electron chi connectivity index (χ0n) is 27.3. The van der Waals surface area contributed by atoms with Crippen molar-refractivity contribution >= 4 is 17.1 Å². The van der Waals surface area contributed by atoms with Crippen molar-refractivity contribution in [3.05, 3.63) is 138 Å². The Morgan fingerprint density at radius 2 is 1.00 bits per heavy atom. The summed E-state index contributed by atoms with van der Waals surface area (Å²) >= 11 is 0. The van der Waals surface area contributed by atoms with Gasteiger partial charge in [0.2, 0.25) is 0 Å². The monoisotopic (exact) mass is 609 g/mol. The number of benzene rings is 5. The Hall–Kier alpha value is -4.10. The Morgan fingerprint density at radius 1 is 0.426 bits per heavy atom. The maximum absolute atomic E-state index is 2.65. The fourth-order valence-corrected chi connectivity index (χ4v) is 12.6. The van der Waals surface area contributed by atoms with E-state index in [1.54, 1.807) is 22.3 Å². The van der Waals surface area contributed by atoms with Crippen LogP contribution in [0.5, 0.6) is 0 Å². The molecular formula is C46H43N. The average molecular weight is 610 g/mol. The van der Waals surface area contributed by atoms with Crippen molar-refractivity contribution in [1.82, 2.24) is 0 Å². The minimum atomic E-state index is 0.169. The van der Waals surface area contributed by atoms with Gasteiger partial charge in [0.1, 0.15) is 0 Å². The van der Waals surface area contributed by atoms with Gasteiger partial charge in [0.05, 0.1) is 0 Å². The van der Waals surface area contributed by atoms with Gasteiger partial charge in [0.25, 0.3) is 0 Å². The third-order valence-corrected chi connectivity index (χ3v) is 14.0. The van der Waals surface area contributed by atoms with E-state index >= 15 is 0 Å². The standard InChI is InChI=1S/C46H43N/c1-3-11-34(12-4-1)47(35-18-20-42-40(28-35)38-14-5-7-15-41(38)45(42)21-9-2-10-22-45)36-17-19-39-37-13-6-8-16-43(37)46(44(39)29-36)32-24-30-23-31(26-32)27-33(46)25-30/h1,3-8,11-20,28-33H,2,9-10,21-27H2. The van der Waals surface area contributed by atoms with E-state index in [1.165, 1.54) is 104 Å². The van der Waals surface area contributed by atoms with Crippen LogP contribution in [0.1, 0.15) is 86.5 Å². The first-order chi connectivity index (χ1) is 23.2. The van der Waals surface area contributed by atoms with Gasteiger partial charge >= 0.3 is 0 Å². The van der Waals surface area contributed by atoms with Gasteiger partial charge in [-0.2, -0.15) is 0 Å². The fraction of sp³-hybridized carbons (Fsp3) is 0.348. The maximum Gasteiger partial charge on any atom is 0.0468 e. The summed E-state index contributed by atoms with van der Waals surface area (Å²) in [5.41, 5.74) is 16.5. The lowest BCUT2D eigenvalue weighted by Gasteiger charge is -2.61. The molecule has 0 heterocycles. The van der Waals surface area contributed by atoms with Gasteiger partial charge < -0.3 is 4.90 Å². The molecule has 0 aliphatic heterocycles. The van der Waals surface area contributed by atoms with Crippen LogP contribution in [-0.4, -0.2) is 0 Å². The molecule has 7 aliphatic rings. The molecule has 2 spiro atoms. The first-order valence-corrected chi connectivity index (χ1v) is 18.6. The molecule has 4 bridgehead atoms. The van der Waals surface area contributed by atoms with Gasteiger partial charge in [-0.05, 0) is 150 Å². The molecule has 5 aromatic rings. The summed E-state index contributed by atoms with van der Waals surface area (Å²) < 4.78 is 0. The van der Waals surface area contributed by atoms with Gasteiger partial charge in [-0.25, -0.2) is 0 Å². The van der Waals surface area contributed by atoms with Gasteiger partial charge in [0, 0.05) is 27.9 Å². The number of rotatable bonds is 3. The third kappa shape index (κ3) is 3.51. The molecule has 5 aromatic carbocycles. The highest BCUT2D eigenvalue weighted by Crippen LogP contribution is 2.69. The molecule has 0 N–H and O–H groups in total. The molecule has 0 amide bonds. The van der Waals surface area contributed by atoms with E-state index in [4.69, 9.17) is 0 Å². The minimum Gasteiger partial charge on any atom is -0.310 e. The number of hydrogen-bond donors (Lipinski definition) is 0. The third-order valence-electron chi connectivity index (χ3n) is 14.0. The van der Waals surface area contributed by atoms with E-state index in [9.17, 15) is 0 Å². The van der Waals surface area contributed by atoms with Crippen LogP contribution in [0.15, 0.2) is 115 Å². The van der Waals surface area contributed by atoms with Gasteiger partial charge in [-0.3, -0.25) is 0 Å².